The molecule has 0 fully saturated rings. The van der Waals surface area contributed by atoms with Crippen LogP contribution in [0.25, 0.3) is 0 Å². The zero-order valence-electron chi connectivity index (χ0n) is 9.40. The third-order valence-electron chi connectivity index (χ3n) is 2.25. The van der Waals surface area contributed by atoms with Crippen molar-refractivity contribution in [2.45, 2.75) is 18.3 Å². The van der Waals surface area contributed by atoms with Crippen LogP contribution in [0.3, 0.4) is 0 Å². The topological polar surface area (TPSA) is 78.2 Å². The van der Waals surface area contributed by atoms with Gasteiger partial charge in [-0.2, -0.15) is 18.4 Å². The van der Waals surface area contributed by atoms with Crippen LogP contribution in [0.1, 0.15) is 27.9 Å². The molecular formula is C11H8F3NO3S. The Balaban J connectivity index is 3.29. The lowest BCUT2D eigenvalue weighted by Crippen LogP contribution is -2.10. The van der Waals surface area contributed by atoms with Crippen LogP contribution in [-0.4, -0.2) is 14.5 Å². The smallest absolute Gasteiger partial charge is 0.306 e. The molecule has 0 aliphatic carbocycles. The second-order valence-electron chi connectivity index (χ2n) is 3.59. The Morgan fingerprint density at radius 3 is 2.53 bits per heavy atom. The number of nitrogens with zero attached hydrogens (tertiary/aromatic N) is 1. The lowest BCUT2D eigenvalue weighted by molar-refractivity contribution is -0.137. The molecule has 1 aromatic carbocycles. The molecule has 0 aliphatic rings. The molecule has 0 radical (unpaired) electrons. The minimum absolute atomic E-state index is 0.142. The van der Waals surface area contributed by atoms with Gasteiger partial charge in [0.15, 0.2) is 16.9 Å². The number of carbonyl (C=O) groups excluding carboxylic acids is 1. The maximum Gasteiger partial charge on any atom is 0.416 e. The molecule has 1 rings (SSSR count). The SMILES string of the molecule is N#CCC(=O)c1ccc(C(F)(F)F)cc1CS(=O)O. The molecule has 0 spiro atoms. The standard InChI is InChI=1S/C11H8F3NO3S/c12-11(13,14)8-1-2-9(10(16)3-4-15)7(5-8)6-19(17)18/h1-2,5H,3,6H2,(H,17,18). The third kappa shape index (κ3) is 4.15. The molecule has 0 aliphatic heterocycles. The monoisotopic (exact) mass is 291 g/mol. The van der Waals surface area contributed by atoms with Gasteiger partial charge in [-0.15, -0.1) is 0 Å². The van der Waals surface area contributed by atoms with Crippen LogP contribution in [0.2, 0.25) is 0 Å². The quantitative estimate of drug-likeness (QED) is 0.683. The predicted octanol–water partition coefficient (Wildman–Crippen LogP) is 2.52. The van der Waals surface area contributed by atoms with Gasteiger partial charge < -0.3 is 4.55 Å². The average molecular weight is 291 g/mol. The Labute approximate surface area is 109 Å². The molecule has 0 amide bonds. The van der Waals surface area contributed by atoms with Crippen LogP contribution in [0.5, 0.6) is 0 Å². The van der Waals surface area contributed by atoms with Gasteiger partial charge in [-0.25, -0.2) is 4.21 Å². The Morgan fingerprint density at radius 1 is 1.42 bits per heavy atom. The number of alkyl halides is 3. The van der Waals surface area contributed by atoms with E-state index in [1.54, 1.807) is 6.07 Å². The molecule has 0 aromatic heterocycles. The van der Waals surface area contributed by atoms with Gasteiger partial charge >= 0.3 is 6.18 Å². The van der Waals surface area contributed by atoms with E-state index in [-0.39, 0.29) is 11.1 Å². The van der Waals surface area contributed by atoms with E-state index < -0.39 is 40.8 Å². The van der Waals surface area contributed by atoms with Crippen molar-refractivity contribution in [3.63, 3.8) is 0 Å². The van der Waals surface area contributed by atoms with E-state index in [4.69, 9.17) is 9.81 Å². The predicted molar refractivity (Wildman–Crippen MR) is 60.5 cm³/mol. The normalized spacial score (nSPS) is 12.8. The summed E-state index contributed by atoms with van der Waals surface area (Å²) in [7, 11) is 0. The average Bonchev–Trinajstić information content (AvgIpc) is 2.27. The van der Waals surface area contributed by atoms with E-state index in [9.17, 15) is 22.2 Å². The van der Waals surface area contributed by atoms with Gasteiger partial charge in [-0.05, 0) is 17.7 Å². The molecule has 8 heteroatoms. The first kappa shape index (κ1) is 15.3. The lowest BCUT2D eigenvalue weighted by Gasteiger charge is -2.11. The summed E-state index contributed by atoms with van der Waals surface area (Å²) < 4.78 is 57.0. The van der Waals surface area contributed by atoms with Crippen molar-refractivity contribution in [1.29, 1.82) is 5.26 Å². The second kappa shape index (κ2) is 5.95. The van der Waals surface area contributed by atoms with Crippen molar-refractivity contribution in [2.75, 3.05) is 0 Å². The van der Waals surface area contributed by atoms with E-state index in [1.807, 2.05) is 0 Å². The van der Waals surface area contributed by atoms with Gasteiger partial charge in [0.2, 0.25) is 0 Å². The van der Waals surface area contributed by atoms with Gasteiger partial charge in [-0.1, -0.05) is 6.07 Å². The highest BCUT2D eigenvalue weighted by molar-refractivity contribution is 7.78. The number of hydrogen-bond acceptors (Lipinski definition) is 3. The van der Waals surface area contributed by atoms with Crippen LogP contribution in [0, 0.1) is 11.3 Å². The minimum Gasteiger partial charge on any atom is -0.306 e. The van der Waals surface area contributed by atoms with E-state index in [1.165, 1.54) is 0 Å². The van der Waals surface area contributed by atoms with Crippen LogP contribution in [-0.2, 0) is 23.0 Å². The second-order valence-corrected chi connectivity index (χ2v) is 4.53. The highest BCUT2D eigenvalue weighted by atomic mass is 32.2. The summed E-state index contributed by atoms with van der Waals surface area (Å²) in [5.74, 6) is -1.28. The molecule has 1 N–H and O–H groups in total. The fourth-order valence-electron chi connectivity index (χ4n) is 1.46. The Morgan fingerprint density at radius 2 is 2.05 bits per heavy atom. The number of carbonyl (C=O) groups is 1. The van der Waals surface area contributed by atoms with Crippen LogP contribution in [0.15, 0.2) is 18.2 Å². The fraction of sp³-hybridized carbons (Fsp3) is 0.273. The van der Waals surface area contributed by atoms with Gasteiger partial charge in [-0.3, -0.25) is 4.79 Å². The molecule has 102 valence electrons. The van der Waals surface area contributed by atoms with Gasteiger partial charge in [0, 0.05) is 5.56 Å². The van der Waals surface area contributed by atoms with E-state index in [2.05, 4.69) is 0 Å². The molecule has 4 nitrogen and oxygen atoms in total. The number of hydrogen-bond donors (Lipinski definition) is 1. The Bertz CT molecular complexity index is 563. The van der Waals surface area contributed by atoms with Gasteiger partial charge in [0.05, 0.1) is 23.8 Å². The first-order valence-electron chi connectivity index (χ1n) is 4.93. The van der Waals surface area contributed by atoms with Crippen LogP contribution >= 0.6 is 0 Å². The van der Waals surface area contributed by atoms with Crippen LogP contribution in [0.4, 0.5) is 13.2 Å². The fourth-order valence-corrected chi connectivity index (χ4v) is 1.97. The van der Waals surface area contributed by atoms with Crippen molar-refractivity contribution >= 4 is 16.9 Å². The molecule has 1 aromatic rings. The number of ketones is 1. The van der Waals surface area contributed by atoms with Crippen molar-refractivity contribution in [3.8, 4) is 6.07 Å². The molecular weight excluding hydrogens is 283 g/mol. The summed E-state index contributed by atoms with van der Waals surface area (Å²) in [6, 6.07) is 3.86. The van der Waals surface area contributed by atoms with Crippen molar-refractivity contribution in [3.05, 3.63) is 34.9 Å². The van der Waals surface area contributed by atoms with Crippen LogP contribution < -0.4 is 0 Å². The van der Waals surface area contributed by atoms with Crippen molar-refractivity contribution < 1.29 is 26.7 Å². The summed E-state index contributed by atoms with van der Waals surface area (Å²) in [5, 5.41) is 8.39. The number of Topliss-reactive ketones (excluding diaryl/α,β-unsaturated/α-hetero) is 1. The molecule has 0 saturated heterocycles. The van der Waals surface area contributed by atoms with E-state index in [0.29, 0.717) is 12.1 Å². The number of nitriles is 1. The van der Waals surface area contributed by atoms with E-state index in [0.717, 1.165) is 6.07 Å². The number of halogens is 3. The molecule has 0 bridgehead atoms. The minimum atomic E-state index is -4.61. The highest BCUT2D eigenvalue weighted by Gasteiger charge is 2.31. The summed E-state index contributed by atoms with van der Waals surface area (Å²) in [6.07, 6.45) is -5.11. The van der Waals surface area contributed by atoms with E-state index >= 15 is 0 Å². The zero-order chi connectivity index (χ0) is 14.6. The molecule has 1 atom stereocenters. The first-order chi connectivity index (χ1) is 8.75. The number of rotatable bonds is 4. The molecule has 19 heavy (non-hydrogen) atoms. The summed E-state index contributed by atoms with van der Waals surface area (Å²) in [4.78, 5) is 11.5. The highest BCUT2D eigenvalue weighted by Crippen LogP contribution is 2.31. The molecule has 0 heterocycles. The zero-order valence-corrected chi connectivity index (χ0v) is 10.2. The largest absolute Gasteiger partial charge is 0.416 e. The third-order valence-corrected chi connectivity index (χ3v) is 2.81. The summed E-state index contributed by atoms with van der Waals surface area (Å²) >= 11 is -2.38. The van der Waals surface area contributed by atoms with Gasteiger partial charge in [0.25, 0.3) is 0 Å². The van der Waals surface area contributed by atoms with Gasteiger partial charge in [0.1, 0.15) is 0 Å². The Kier molecular flexibility index (Phi) is 4.80. The molecule has 1 unspecified atom stereocenters. The maximum absolute atomic E-state index is 12.5. The summed E-state index contributed by atoms with van der Waals surface area (Å²) in [5.41, 5.74) is -1.35. The van der Waals surface area contributed by atoms with Crippen molar-refractivity contribution in [1.82, 2.24) is 0 Å². The molecule has 0 saturated carbocycles. The first-order valence-corrected chi connectivity index (χ1v) is 6.21. The van der Waals surface area contributed by atoms with Crippen molar-refractivity contribution in [2.24, 2.45) is 0 Å². The maximum atomic E-state index is 12.5. The summed E-state index contributed by atoms with van der Waals surface area (Å²) in [6.45, 7) is 0. The lowest BCUT2D eigenvalue weighted by atomic mass is 10.00. The Hall–Kier alpha value is -1.72. The number of benzene rings is 1.